The fraction of sp³-hybridized carbons (Fsp3) is 0.900. The summed E-state index contributed by atoms with van der Waals surface area (Å²) >= 11 is 1.34. The Morgan fingerprint density at radius 3 is 2.82 bits per heavy atom. The van der Waals surface area contributed by atoms with Crippen molar-refractivity contribution in [3.8, 4) is 0 Å². The number of rotatable bonds is 3. The average Bonchev–Trinajstić information content (AvgIpc) is 2.59. The van der Waals surface area contributed by atoms with Gasteiger partial charge in [-0.25, -0.2) is 13.1 Å². The molecule has 0 aromatic heterocycles. The Balaban J connectivity index is 2.01. The zero-order valence-corrected chi connectivity index (χ0v) is 11.4. The fourth-order valence-electron chi connectivity index (χ4n) is 2.57. The van der Waals surface area contributed by atoms with Gasteiger partial charge in [0, 0.05) is 5.92 Å². The highest BCUT2D eigenvalue weighted by Crippen LogP contribution is 2.40. The maximum absolute atomic E-state index is 11.9. The molecule has 0 bridgehead atoms. The van der Waals surface area contributed by atoms with Crippen molar-refractivity contribution in [2.24, 2.45) is 5.92 Å². The summed E-state index contributed by atoms with van der Waals surface area (Å²) in [6.07, 6.45) is 3.73. The first-order valence-electron chi connectivity index (χ1n) is 5.74. The summed E-state index contributed by atoms with van der Waals surface area (Å²) in [7, 11) is -1.84. The Bertz CT molecular complexity index is 395. The lowest BCUT2D eigenvalue weighted by atomic mass is 9.89. The SMILES string of the molecule is COC(=O)CSC1NS(=O)(=O)C2CCCCC12. The van der Waals surface area contributed by atoms with Crippen molar-refractivity contribution in [3.63, 3.8) is 0 Å². The Morgan fingerprint density at radius 1 is 1.41 bits per heavy atom. The predicted octanol–water partition coefficient (Wildman–Crippen LogP) is 0.710. The van der Waals surface area contributed by atoms with E-state index in [1.807, 2.05) is 0 Å². The number of carbonyl (C=O) groups excluding carboxylic acids is 1. The van der Waals surface area contributed by atoms with Gasteiger partial charge in [-0.2, -0.15) is 0 Å². The van der Waals surface area contributed by atoms with Gasteiger partial charge in [0.15, 0.2) is 0 Å². The summed E-state index contributed by atoms with van der Waals surface area (Å²) in [5, 5.41) is -0.421. The van der Waals surface area contributed by atoms with Gasteiger partial charge in [0.2, 0.25) is 10.0 Å². The van der Waals surface area contributed by atoms with E-state index in [0.29, 0.717) is 0 Å². The topological polar surface area (TPSA) is 72.5 Å². The molecule has 0 aromatic rings. The number of methoxy groups -OCH3 is 1. The highest BCUT2D eigenvalue weighted by molar-refractivity contribution is 8.01. The van der Waals surface area contributed by atoms with Crippen molar-refractivity contribution in [1.29, 1.82) is 0 Å². The molecule has 0 spiro atoms. The highest BCUT2D eigenvalue weighted by Gasteiger charge is 2.47. The zero-order chi connectivity index (χ0) is 12.5. The summed E-state index contributed by atoms with van der Waals surface area (Å²) in [6, 6.07) is 0. The molecule has 17 heavy (non-hydrogen) atoms. The molecular formula is C10H17NO4S2. The van der Waals surface area contributed by atoms with Crippen molar-refractivity contribution in [2.45, 2.75) is 36.3 Å². The third-order valence-electron chi connectivity index (χ3n) is 3.43. The molecule has 1 aliphatic heterocycles. The molecule has 3 atom stereocenters. The van der Waals surface area contributed by atoms with E-state index in [0.717, 1.165) is 25.7 Å². The molecule has 98 valence electrons. The van der Waals surface area contributed by atoms with Crippen LogP contribution in [0.2, 0.25) is 0 Å². The van der Waals surface area contributed by atoms with Crippen LogP contribution in [0.25, 0.3) is 0 Å². The first-order chi connectivity index (χ1) is 8.04. The summed E-state index contributed by atoms with van der Waals surface area (Å²) in [5.74, 6) is 0.0317. The lowest BCUT2D eigenvalue weighted by Crippen LogP contribution is -2.28. The van der Waals surface area contributed by atoms with Crippen molar-refractivity contribution < 1.29 is 17.9 Å². The molecule has 5 nitrogen and oxygen atoms in total. The monoisotopic (exact) mass is 279 g/mol. The number of hydrogen-bond acceptors (Lipinski definition) is 5. The van der Waals surface area contributed by atoms with Crippen molar-refractivity contribution >= 4 is 27.8 Å². The highest BCUT2D eigenvalue weighted by atomic mass is 32.2. The van der Waals surface area contributed by atoms with Crippen LogP contribution in [0.15, 0.2) is 0 Å². The second-order valence-electron chi connectivity index (χ2n) is 4.46. The molecule has 2 rings (SSSR count). The molecule has 0 aromatic carbocycles. The number of thioether (sulfide) groups is 1. The van der Waals surface area contributed by atoms with Gasteiger partial charge in [-0.05, 0) is 12.8 Å². The molecule has 1 saturated carbocycles. The van der Waals surface area contributed by atoms with Gasteiger partial charge in [-0.3, -0.25) is 4.79 Å². The van der Waals surface area contributed by atoms with Crippen LogP contribution in [-0.4, -0.2) is 37.9 Å². The molecular weight excluding hydrogens is 262 g/mol. The zero-order valence-electron chi connectivity index (χ0n) is 9.72. The predicted molar refractivity (Wildman–Crippen MR) is 66.1 cm³/mol. The van der Waals surface area contributed by atoms with Gasteiger partial charge in [0.25, 0.3) is 0 Å². The largest absolute Gasteiger partial charge is 0.468 e. The lowest BCUT2D eigenvalue weighted by Gasteiger charge is -2.25. The van der Waals surface area contributed by atoms with Crippen molar-refractivity contribution in [3.05, 3.63) is 0 Å². The van der Waals surface area contributed by atoms with Crippen molar-refractivity contribution in [2.75, 3.05) is 12.9 Å². The summed E-state index contributed by atoms with van der Waals surface area (Å²) in [5.41, 5.74) is 0. The summed E-state index contributed by atoms with van der Waals surface area (Å²) < 4.78 is 31.0. The second kappa shape index (κ2) is 5.16. The van der Waals surface area contributed by atoms with E-state index < -0.39 is 10.0 Å². The van der Waals surface area contributed by atoms with Crippen LogP contribution < -0.4 is 4.72 Å². The van der Waals surface area contributed by atoms with Gasteiger partial charge in [-0.1, -0.05) is 12.8 Å². The number of sulfonamides is 1. The Morgan fingerprint density at radius 2 is 2.12 bits per heavy atom. The molecule has 0 amide bonds. The first-order valence-corrected chi connectivity index (χ1v) is 8.33. The van der Waals surface area contributed by atoms with Crippen LogP contribution in [0.4, 0.5) is 0 Å². The van der Waals surface area contributed by atoms with E-state index in [1.165, 1.54) is 18.9 Å². The molecule has 1 saturated heterocycles. The van der Waals surface area contributed by atoms with Crippen LogP contribution in [0.3, 0.4) is 0 Å². The van der Waals surface area contributed by atoms with Crippen LogP contribution in [0.5, 0.6) is 0 Å². The van der Waals surface area contributed by atoms with E-state index in [4.69, 9.17) is 0 Å². The van der Waals surface area contributed by atoms with Gasteiger partial charge in [-0.15, -0.1) is 11.8 Å². The third kappa shape index (κ3) is 2.77. The van der Waals surface area contributed by atoms with Crippen LogP contribution in [-0.2, 0) is 19.6 Å². The van der Waals surface area contributed by atoms with E-state index in [-0.39, 0.29) is 28.3 Å². The average molecular weight is 279 g/mol. The van der Waals surface area contributed by atoms with E-state index in [1.54, 1.807) is 0 Å². The van der Waals surface area contributed by atoms with E-state index in [2.05, 4.69) is 9.46 Å². The summed E-state index contributed by atoms with van der Waals surface area (Å²) in [4.78, 5) is 11.1. The maximum Gasteiger partial charge on any atom is 0.315 e. The first kappa shape index (κ1) is 13.2. The minimum absolute atomic E-state index is 0.142. The standard InChI is InChI=1S/C10H17NO4S2/c1-15-9(12)6-16-10-7-4-2-3-5-8(7)17(13,14)11-10/h7-8,10-11H,2-6H2,1H3. The van der Waals surface area contributed by atoms with Gasteiger partial charge < -0.3 is 4.74 Å². The lowest BCUT2D eigenvalue weighted by molar-refractivity contribution is -0.137. The maximum atomic E-state index is 11.9. The second-order valence-corrected chi connectivity index (χ2v) is 7.52. The minimum atomic E-state index is -3.17. The molecule has 1 heterocycles. The number of nitrogens with one attached hydrogen (secondary N) is 1. The van der Waals surface area contributed by atoms with E-state index >= 15 is 0 Å². The fourth-order valence-corrected chi connectivity index (χ4v) is 6.25. The summed E-state index contributed by atoms with van der Waals surface area (Å²) in [6.45, 7) is 0. The van der Waals surface area contributed by atoms with Crippen LogP contribution >= 0.6 is 11.8 Å². The van der Waals surface area contributed by atoms with Gasteiger partial charge in [0.05, 0.1) is 23.5 Å². The third-order valence-corrected chi connectivity index (χ3v) is 6.77. The smallest absolute Gasteiger partial charge is 0.315 e. The number of hydrogen-bond donors (Lipinski definition) is 1. The Hall–Kier alpha value is -0.270. The van der Waals surface area contributed by atoms with Gasteiger partial charge >= 0.3 is 5.97 Å². The molecule has 3 unspecified atom stereocenters. The Kier molecular flexibility index (Phi) is 3.99. The molecule has 7 heteroatoms. The molecule has 1 N–H and O–H groups in total. The minimum Gasteiger partial charge on any atom is -0.468 e. The number of fused-ring (bicyclic) bond motifs is 1. The molecule has 2 aliphatic rings. The van der Waals surface area contributed by atoms with Crippen LogP contribution in [0.1, 0.15) is 25.7 Å². The van der Waals surface area contributed by atoms with Crippen LogP contribution in [0, 0.1) is 5.92 Å². The quantitative estimate of drug-likeness (QED) is 0.770. The van der Waals surface area contributed by atoms with E-state index in [9.17, 15) is 13.2 Å². The normalized spacial score (nSPS) is 35.2. The van der Waals surface area contributed by atoms with Gasteiger partial charge in [0.1, 0.15) is 0 Å². The number of carbonyl (C=O) groups is 1. The molecule has 1 aliphatic carbocycles. The molecule has 0 radical (unpaired) electrons. The number of ether oxygens (including phenoxy) is 1. The Labute approximate surface area is 106 Å². The molecule has 2 fully saturated rings. The number of esters is 1. The van der Waals surface area contributed by atoms with Crippen molar-refractivity contribution in [1.82, 2.24) is 4.72 Å².